The van der Waals surface area contributed by atoms with E-state index in [1.165, 1.54) is 6.08 Å². The van der Waals surface area contributed by atoms with Crippen LogP contribution in [0.4, 0.5) is 5.69 Å². The summed E-state index contributed by atoms with van der Waals surface area (Å²) in [5.74, 6) is -1.36. The second-order valence-electron chi connectivity index (χ2n) is 6.61. The van der Waals surface area contributed by atoms with Gasteiger partial charge in [-0.2, -0.15) is 0 Å². The molecule has 7 nitrogen and oxygen atoms in total. The van der Waals surface area contributed by atoms with Gasteiger partial charge in [-0.3, -0.25) is 9.59 Å². The number of esters is 1. The molecule has 0 unspecified atom stereocenters. The largest absolute Gasteiger partial charge is 0.455 e. The third-order valence-corrected chi connectivity index (χ3v) is 5.01. The highest BCUT2D eigenvalue weighted by Crippen LogP contribution is 2.16. The van der Waals surface area contributed by atoms with Gasteiger partial charge < -0.3 is 10.1 Å². The molecule has 2 aromatic carbocycles. The fourth-order valence-electron chi connectivity index (χ4n) is 2.31. The summed E-state index contributed by atoms with van der Waals surface area (Å²) in [5, 5.41) is 3.63. The van der Waals surface area contributed by atoms with E-state index >= 15 is 0 Å². The van der Waals surface area contributed by atoms with Crippen LogP contribution >= 0.6 is 0 Å². The van der Waals surface area contributed by atoms with E-state index < -0.39 is 35.1 Å². The molecule has 29 heavy (non-hydrogen) atoms. The van der Waals surface area contributed by atoms with Crippen LogP contribution in [0.15, 0.2) is 47.9 Å². The van der Waals surface area contributed by atoms with Crippen LogP contribution in [0.1, 0.15) is 22.3 Å². The SMILES string of the molecule is Cc1ccc(/C=C/S(=O)(=O)NCC(=O)OCC(=O)Nc2cc(C)ccc2C)cc1. The normalized spacial score (nSPS) is 11.4. The fourth-order valence-corrected chi connectivity index (χ4v) is 3.06. The molecule has 0 saturated carbocycles. The monoisotopic (exact) mass is 416 g/mol. The Balaban J connectivity index is 1.79. The molecule has 0 heterocycles. The van der Waals surface area contributed by atoms with Gasteiger partial charge in [-0.05, 0) is 49.6 Å². The smallest absolute Gasteiger partial charge is 0.321 e. The topological polar surface area (TPSA) is 102 Å². The highest BCUT2D eigenvalue weighted by atomic mass is 32.2. The number of hydrogen-bond donors (Lipinski definition) is 2. The first-order chi connectivity index (χ1) is 13.6. The molecule has 0 aliphatic heterocycles. The van der Waals surface area contributed by atoms with Gasteiger partial charge in [0.1, 0.15) is 6.54 Å². The second kappa shape index (κ2) is 9.99. The minimum atomic E-state index is -3.81. The number of carbonyl (C=O) groups is 2. The lowest BCUT2D eigenvalue weighted by molar-refractivity contribution is -0.146. The van der Waals surface area contributed by atoms with E-state index in [2.05, 4.69) is 10.0 Å². The Morgan fingerprint density at radius 3 is 2.34 bits per heavy atom. The van der Waals surface area contributed by atoms with Crippen molar-refractivity contribution in [2.45, 2.75) is 20.8 Å². The molecule has 0 saturated heterocycles. The van der Waals surface area contributed by atoms with Crippen molar-refractivity contribution < 1.29 is 22.7 Å². The van der Waals surface area contributed by atoms with Crippen LogP contribution in [0.2, 0.25) is 0 Å². The molecule has 0 aliphatic carbocycles. The van der Waals surface area contributed by atoms with Crippen LogP contribution in [0.25, 0.3) is 6.08 Å². The molecule has 0 bridgehead atoms. The van der Waals surface area contributed by atoms with Crippen LogP contribution in [0, 0.1) is 20.8 Å². The van der Waals surface area contributed by atoms with Gasteiger partial charge in [0.2, 0.25) is 10.0 Å². The standard InChI is InChI=1S/C21H24N2O5S/c1-15-5-8-18(9-6-15)10-11-29(26,27)22-13-21(25)28-14-20(24)23-19-12-16(2)4-7-17(19)3/h4-12,22H,13-14H2,1-3H3,(H,23,24)/b11-10+. The van der Waals surface area contributed by atoms with Crippen molar-refractivity contribution in [2.75, 3.05) is 18.5 Å². The molecule has 1 amide bonds. The van der Waals surface area contributed by atoms with Gasteiger partial charge in [-0.1, -0.05) is 42.0 Å². The second-order valence-corrected chi connectivity index (χ2v) is 8.26. The molecule has 0 spiro atoms. The van der Waals surface area contributed by atoms with Gasteiger partial charge in [0.05, 0.1) is 0 Å². The van der Waals surface area contributed by atoms with Crippen LogP contribution in [0.5, 0.6) is 0 Å². The van der Waals surface area contributed by atoms with Gasteiger partial charge in [0.15, 0.2) is 6.61 Å². The molecule has 2 aromatic rings. The maximum Gasteiger partial charge on any atom is 0.321 e. The predicted octanol–water partition coefficient (Wildman–Crippen LogP) is 2.68. The van der Waals surface area contributed by atoms with Gasteiger partial charge in [0, 0.05) is 11.1 Å². The Bertz CT molecular complexity index is 1010. The zero-order valence-electron chi connectivity index (χ0n) is 16.6. The van der Waals surface area contributed by atoms with E-state index in [1.54, 1.807) is 12.1 Å². The van der Waals surface area contributed by atoms with E-state index in [4.69, 9.17) is 4.74 Å². The first-order valence-corrected chi connectivity index (χ1v) is 10.5. The molecule has 0 radical (unpaired) electrons. The lowest BCUT2D eigenvalue weighted by Gasteiger charge is -2.10. The quantitative estimate of drug-likeness (QED) is 0.644. The van der Waals surface area contributed by atoms with Crippen LogP contribution in [-0.4, -0.2) is 33.4 Å². The minimum absolute atomic E-state index is 0.505. The maximum atomic E-state index is 11.9. The van der Waals surface area contributed by atoms with Crippen molar-refractivity contribution in [1.29, 1.82) is 0 Å². The number of carbonyl (C=O) groups excluding carboxylic acids is 2. The zero-order valence-corrected chi connectivity index (χ0v) is 17.4. The Kier molecular flexibility index (Phi) is 7.69. The highest BCUT2D eigenvalue weighted by molar-refractivity contribution is 7.92. The third-order valence-electron chi connectivity index (χ3n) is 3.97. The van der Waals surface area contributed by atoms with E-state index in [-0.39, 0.29) is 0 Å². The number of nitrogens with one attached hydrogen (secondary N) is 2. The van der Waals surface area contributed by atoms with Crippen molar-refractivity contribution in [2.24, 2.45) is 0 Å². The van der Waals surface area contributed by atoms with E-state index in [0.717, 1.165) is 22.1 Å². The number of rotatable bonds is 8. The van der Waals surface area contributed by atoms with Crippen molar-refractivity contribution in [3.05, 3.63) is 70.1 Å². The summed E-state index contributed by atoms with van der Waals surface area (Å²) in [7, 11) is -3.81. The predicted molar refractivity (Wildman–Crippen MR) is 113 cm³/mol. The summed E-state index contributed by atoms with van der Waals surface area (Å²) in [6.45, 7) is 4.60. The van der Waals surface area contributed by atoms with Crippen molar-refractivity contribution in [3.63, 3.8) is 0 Å². The number of amides is 1. The van der Waals surface area contributed by atoms with E-state index in [9.17, 15) is 18.0 Å². The van der Waals surface area contributed by atoms with E-state index in [0.29, 0.717) is 11.3 Å². The summed E-state index contributed by atoms with van der Waals surface area (Å²) in [4.78, 5) is 23.7. The van der Waals surface area contributed by atoms with Gasteiger partial charge in [-0.15, -0.1) is 0 Å². The van der Waals surface area contributed by atoms with Crippen LogP contribution in [0.3, 0.4) is 0 Å². The number of aryl methyl sites for hydroxylation is 3. The zero-order chi connectivity index (χ0) is 21.4. The van der Waals surface area contributed by atoms with Gasteiger partial charge >= 0.3 is 5.97 Å². The molecule has 8 heteroatoms. The van der Waals surface area contributed by atoms with Gasteiger partial charge in [-0.25, -0.2) is 13.1 Å². The molecule has 0 aliphatic rings. The molecule has 0 atom stereocenters. The molecular weight excluding hydrogens is 392 g/mol. The minimum Gasteiger partial charge on any atom is -0.455 e. The average Bonchev–Trinajstić information content (AvgIpc) is 2.67. The molecule has 154 valence electrons. The summed E-state index contributed by atoms with van der Waals surface area (Å²) in [5.41, 5.74) is 4.27. The maximum absolute atomic E-state index is 11.9. The van der Waals surface area contributed by atoms with Gasteiger partial charge in [0.25, 0.3) is 5.91 Å². The average molecular weight is 416 g/mol. The highest BCUT2D eigenvalue weighted by Gasteiger charge is 2.12. The Hall–Kier alpha value is -2.97. The molecular formula is C21H24N2O5S. The summed E-state index contributed by atoms with van der Waals surface area (Å²) < 4.78 is 30.8. The number of benzene rings is 2. The first kappa shape index (κ1) is 22.3. The van der Waals surface area contributed by atoms with Crippen molar-refractivity contribution in [1.82, 2.24) is 4.72 Å². The Morgan fingerprint density at radius 1 is 1.00 bits per heavy atom. The summed E-state index contributed by atoms with van der Waals surface area (Å²) >= 11 is 0. The van der Waals surface area contributed by atoms with Crippen molar-refractivity contribution >= 4 is 33.7 Å². The van der Waals surface area contributed by atoms with Crippen LogP contribution < -0.4 is 10.0 Å². The molecule has 2 N–H and O–H groups in total. The lowest BCUT2D eigenvalue weighted by atomic mass is 10.1. The Morgan fingerprint density at radius 2 is 1.66 bits per heavy atom. The number of anilines is 1. The number of hydrogen-bond acceptors (Lipinski definition) is 5. The van der Waals surface area contributed by atoms with Crippen molar-refractivity contribution in [3.8, 4) is 0 Å². The molecule has 2 rings (SSSR count). The number of sulfonamides is 1. The van der Waals surface area contributed by atoms with Crippen LogP contribution in [-0.2, 0) is 24.3 Å². The summed E-state index contributed by atoms with van der Waals surface area (Å²) in [6, 6.07) is 12.9. The Labute approximate surface area is 170 Å². The number of ether oxygens (including phenoxy) is 1. The first-order valence-electron chi connectivity index (χ1n) is 8.92. The van der Waals surface area contributed by atoms with E-state index in [1.807, 2.05) is 51.1 Å². The third kappa shape index (κ3) is 7.89. The molecule has 0 aromatic heterocycles. The fraction of sp³-hybridized carbons (Fsp3) is 0.238. The summed E-state index contributed by atoms with van der Waals surface area (Å²) in [6.07, 6.45) is 1.42. The lowest BCUT2D eigenvalue weighted by Crippen LogP contribution is -2.31. The molecule has 0 fully saturated rings.